The van der Waals surface area contributed by atoms with Crippen LogP contribution in [0.4, 0.5) is 5.69 Å². The highest BCUT2D eigenvalue weighted by atomic mass is 79.9. The molecule has 0 N–H and O–H groups in total. The van der Waals surface area contributed by atoms with Crippen molar-refractivity contribution in [1.29, 1.82) is 0 Å². The van der Waals surface area contributed by atoms with E-state index in [0.29, 0.717) is 46.3 Å². The summed E-state index contributed by atoms with van der Waals surface area (Å²) in [6, 6.07) is 16.2. The lowest BCUT2D eigenvalue weighted by Gasteiger charge is -2.25. The standard InChI is InChI=1S/C30H23BrClN3O6S2/c1-4-41-29(37)26-16(2)33-30-34(27(26)17-5-11-23(40-3)22(31)14-17)28(36)25(43-30)15-18-13-20(35(38)39)8-12-24(18)42-21-9-6-19(32)7-10-21/h5-15,27H,4H2,1-3H3/b25-15-/t27-/m0/s1. The molecule has 0 unspecified atom stereocenters. The Balaban J connectivity index is 1.71. The normalized spacial score (nSPS) is 14.7. The van der Waals surface area contributed by atoms with Gasteiger partial charge in [0.25, 0.3) is 11.2 Å². The van der Waals surface area contributed by atoms with Crippen molar-refractivity contribution < 1.29 is 19.2 Å². The number of methoxy groups -OCH3 is 1. The molecular formula is C30H23BrClN3O6S2. The number of halogens is 2. The second kappa shape index (κ2) is 12.9. The van der Waals surface area contributed by atoms with Gasteiger partial charge in [0, 0.05) is 26.9 Å². The largest absolute Gasteiger partial charge is 0.496 e. The zero-order chi connectivity index (χ0) is 30.8. The molecule has 0 aliphatic carbocycles. The molecule has 5 rings (SSSR count). The van der Waals surface area contributed by atoms with Gasteiger partial charge in [-0.2, -0.15) is 0 Å². The van der Waals surface area contributed by atoms with E-state index in [2.05, 4.69) is 20.9 Å². The molecule has 13 heteroatoms. The zero-order valence-electron chi connectivity index (χ0n) is 23.0. The van der Waals surface area contributed by atoms with Gasteiger partial charge in [0.1, 0.15) is 5.75 Å². The minimum Gasteiger partial charge on any atom is -0.496 e. The molecule has 1 atom stereocenters. The molecular weight excluding hydrogens is 678 g/mol. The molecule has 4 aromatic rings. The van der Waals surface area contributed by atoms with Crippen molar-refractivity contribution in [1.82, 2.24) is 4.57 Å². The number of ether oxygens (including phenoxy) is 2. The molecule has 0 fully saturated rings. The van der Waals surface area contributed by atoms with Crippen molar-refractivity contribution in [2.75, 3.05) is 13.7 Å². The fourth-order valence-corrected chi connectivity index (χ4v) is 7.21. The summed E-state index contributed by atoms with van der Waals surface area (Å²) in [6.45, 7) is 3.57. The van der Waals surface area contributed by atoms with Crippen LogP contribution in [0.5, 0.6) is 5.75 Å². The summed E-state index contributed by atoms with van der Waals surface area (Å²) >= 11 is 12.1. The molecule has 1 aliphatic rings. The van der Waals surface area contributed by atoms with E-state index in [0.717, 1.165) is 16.2 Å². The van der Waals surface area contributed by atoms with Crippen molar-refractivity contribution in [2.24, 2.45) is 4.99 Å². The smallest absolute Gasteiger partial charge is 0.338 e. The van der Waals surface area contributed by atoms with Crippen molar-refractivity contribution in [3.63, 3.8) is 0 Å². The number of nitro groups is 1. The minimum absolute atomic E-state index is 0.110. The van der Waals surface area contributed by atoms with Gasteiger partial charge < -0.3 is 9.47 Å². The third kappa shape index (κ3) is 6.32. The van der Waals surface area contributed by atoms with Crippen LogP contribution < -0.4 is 19.6 Å². The number of hydrogen-bond donors (Lipinski definition) is 0. The molecule has 220 valence electrons. The average molecular weight is 701 g/mol. The van der Waals surface area contributed by atoms with E-state index in [4.69, 9.17) is 21.1 Å². The number of fused-ring (bicyclic) bond motifs is 1. The van der Waals surface area contributed by atoms with Gasteiger partial charge in [0.2, 0.25) is 0 Å². The number of carbonyl (C=O) groups is 1. The summed E-state index contributed by atoms with van der Waals surface area (Å²) < 4.78 is 13.1. The number of benzene rings is 3. The van der Waals surface area contributed by atoms with Gasteiger partial charge in [-0.1, -0.05) is 40.8 Å². The Kier molecular flexibility index (Phi) is 9.21. The van der Waals surface area contributed by atoms with Crippen LogP contribution in [0.15, 0.2) is 96.0 Å². The third-order valence-corrected chi connectivity index (χ3v) is 9.50. The van der Waals surface area contributed by atoms with Crippen molar-refractivity contribution in [3.05, 3.63) is 122 Å². The van der Waals surface area contributed by atoms with E-state index < -0.39 is 22.5 Å². The predicted molar refractivity (Wildman–Crippen MR) is 170 cm³/mol. The van der Waals surface area contributed by atoms with Gasteiger partial charge in [-0.25, -0.2) is 9.79 Å². The number of carbonyl (C=O) groups excluding carboxylic acids is 1. The molecule has 2 heterocycles. The average Bonchev–Trinajstić information content (AvgIpc) is 3.28. The number of esters is 1. The first-order valence-corrected chi connectivity index (χ1v) is 15.7. The van der Waals surface area contributed by atoms with Crippen LogP contribution in [0.2, 0.25) is 5.02 Å². The molecule has 0 saturated carbocycles. The zero-order valence-corrected chi connectivity index (χ0v) is 27.0. The van der Waals surface area contributed by atoms with Crippen LogP contribution in [0, 0.1) is 10.1 Å². The van der Waals surface area contributed by atoms with Gasteiger partial charge in [0.15, 0.2) is 4.80 Å². The van der Waals surface area contributed by atoms with Crippen molar-refractivity contribution in [3.8, 4) is 5.75 Å². The lowest BCUT2D eigenvalue weighted by atomic mass is 9.96. The number of nitro benzene ring substituents is 1. The Bertz CT molecular complexity index is 1970. The Morgan fingerprint density at radius 2 is 1.95 bits per heavy atom. The van der Waals surface area contributed by atoms with E-state index >= 15 is 0 Å². The van der Waals surface area contributed by atoms with Gasteiger partial charge in [-0.15, -0.1) is 0 Å². The number of aromatic nitrogens is 1. The fourth-order valence-electron chi connectivity index (χ4n) is 4.59. The number of allylic oxidation sites excluding steroid dienone is 1. The van der Waals surface area contributed by atoms with Gasteiger partial charge in [-0.3, -0.25) is 19.5 Å². The second-order valence-corrected chi connectivity index (χ2v) is 12.6. The Morgan fingerprint density at radius 3 is 2.60 bits per heavy atom. The number of non-ortho nitro benzene ring substituents is 1. The summed E-state index contributed by atoms with van der Waals surface area (Å²) in [5.74, 6) is 0.0150. The SMILES string of the molecule is CCOC(=O)C1=C(C)N=c2s/c(=C\c3cc([N+](=O)[O-])ccc3Sc3ccc(Cl)cc3)c(=O)n2[C@H]1c1ccc(OC)c(Br)c1. The lowest BCUT2D eigenvalue weighted by molar-refractivity contribution is -0.384. The molecule has 1 aliphatic heterocycles. The van der Waals surface area contributed by atoms with E-state index in [-0.39, 0.29) is 17.9 Å². The third-order valence-electron chi connectivity index (χ3n) is 6.54. The predicted octanol–water partition coefficient (Wildman–Crippen LogP) is 6.28. The van der Waals surface area contributed by atoms with Crippen LogP contribution in [0.1, 0.15) is 31.0 Å². The molecule has 0 saturated heterocycles. The summed E-state index contributed by atoms with van der Waals surface area (Å²) in [4.78, 5) is 45.0. The highest BCUT2D eigenvalue weighted by Gasteiger charge is 2.33. The molecule has 3 aromatic carbocycles. The van der Waals surface area contributed by atoms with Crippen LogP contribution in [0.25, 0.3) is 6.08 Å². The number of hydrogen-bond acceptors (Lipinski definition) is 9. The molecule has 1 aromatic heterocycles. The number of nitrogens with zero attached hydrogens (tertiary/aromatic N) is 3. The summed E-state index contributed by atoms with van der Waals surface area (Å²) in [5, 5.41) is 12.2. The molecule has 0 spiro atoms. The summed E-state index contributed by atoms with van der Waals surface area (Å²) in [5.41, 5.74) is 1.30. The van der Waals surface area contributed by atoms with Gasteiger partial charge >= 0.3 is 5.97 Å². The summed E-state index contributed by atoms with van der Waals surface area (Å²) in [7, 11) is 1.55. The number of thiazole rings is 1. The van der Waals surface area contributed by atoms with E-state index in [1.165, 1.54) is 28.5 Å². The van der Waals surface area contributed by atoms with Crippen LogP contribution in [0.3, 0.4) is 0 Å². The Hall–Kier alpha value is -3.71. The van der Waals surface area contributed by atoms with Crippen LogP contribution in [-0.2, 0) is 9.53 Å². The number of rotatable bonds is 8. The Morgan fingerprint density at radius 1 is 1.21 bits per heavy atom. The molecule has 0 amide bonds. The highest BCUT2D eigenvalue weighted by molar-refractivity contribution is 9.10. The van der Waals surface area contributed by atoms with E-state index in [1.54, 1.807) is 63.4 Å². The van der Waals surface area contributed by atoms with Crippen LogP contribution >= 0.6 is 50.6 Å². The molecule has 9 nitrogen and oxygen atoms in total. The van der Waals surface area contributed by atoms with Gasteiger partial charge in [-0.05, 0) is 89.4 Å². The maximum atomic E-state index is 14.1. The molecule has 0 radical (unpaired) electrons. The van der Waals surface area contributed by atoms with Crippen molar-refractivity contribution >= 4 is 68.4 Å². The second-order valence-electron chi connectivity index (χ2n) is 9.23. The fraction of sp³-hybridized carbons (Fsp3) is 0.167. The lowest BCUT2D eigenvalue weighted by Crippen LogP contribution is -2.40. The summed E-state index contributed by atoms with van der Waals surface area (Å²) in [6.07, 6.45) is 1.62. The van der Waals surface area contributed by atoms with Crippen LogP contribution in [-0.4, -0.2) is 29.2 Å². The first-order valence-electron chi connectivity index (χ1n) is 12.9. The maximum Gasteiger partial charge on any atom is 0.338 e. The Labute approximate surface area is 267 Å². The monoisotopic (exact) mass is 699 g/mol. The topological polar surface area (TPSA) is 113 Å². The van der Waals surface area contributed by atoms with Crippen molar-refractivity contribution in [2.45, 2.75) is 29.7 Å². The quantitative estimate of drug-likeness (QED) is 0.121. The van der Waals surface area contributed by atoms with Gasteiger partial charge in [0.05, 0.1) is 45.0 Å². The molecule has 0 bridgehead atoms. The maximum absolute atomic E-state index is 14.1. The van der Waals surface area contributed by atoms with E-state index in [9.17, 15) is 19.7 Å². The minimum atomic E-state index is -0.826. The van der Waals surface area contributed by atoms with E-state index in [1.807, 2.05) is 12.1 Å². The molecule has 43 heavy (non-hydrogen) atoms. The first-order chi connectivity index (χ1) is 20.6. The first kappa shape index (κ1) is 30.7. The highest BCUT2D eigenvalue weighted by Crippen LogP contribution is 2.36.